The molecule has 1 saturated heterocycles. The predicted octanol–water partition coefficient (Wildman–Crippen LogP) is 4.01. The van der Waals surface area contributed by atoms with Gasteiger partial charge in [0.25, 0.3) is 5.91 Å². The second-order valence-electron chi connectivity index (χ2n) is 8.10. The zero-order valence-corrected chi connectivity index (χ0v) is 18.7. The second-order valence-corrected chi connectivity index (χ2v) is 9.27. The maximum Gasteiger partial charge on any atom is 0.251 e. The molecule has 32 heavy (non-hydrogen) atoms. The summed E-state index contributed by atoms with van der Waals surface area (Å²) in [6, 6.07) is 16.5. The predicted molar refractivity (Wildman–Crippen MR) is 125 cm³/mol. The number of benzene rings is 2. The van der Waals surface area contributed by atoms with Crippen molar-refractivity contribution >= 4 is 22.8 Å². The van der Waals surface area contributed by atoms with Crippen LogP contribution in [-0.2, 0) is 11.3 Å². The summed E-state index contributed by atoms with van der Waals surface area (Å²) in [7, 11) is 0. The Balaban J connectivity index is 1.35. The number of nitrogens with zero attached hydrogens (tertiary/aromatic N) is 5. The van der Waals surface area contributed by atoms with Crippen LogP contribution in [0.4, 0.5) is 0 Å². The van der Waals surface area contributed by atoms with E-state index in [1.165, 1.54) is 0 Å². The van der Waals surface area contributed by atoms with Crippen molar-refractivity contribution in [3.05, 3.63) is 54.1 Å². The summed E-state index contributed by atoms with van der Waals surface area (Å²) < 4.78 is 0. The number of nitrogens with one attached hydrogen (secondary N) is 2. The van der Waals surface area contributed by atoms with Gasteiger partial charge in [0.15, 0.2) is 5.17 Å². The molecule has 2 fully saturated rings. The van der Waals surface area contributed by atoms with Gasteiger partial charge in [-0.25, -0.2) is 5.43 Å². The monoisotopic (exact) mass is 447 g/mol. The molecule has 2 aromatic carbocycles. The molecular weight excluding hydrogens is 422 g/mol. The van der Waals surface area contributed by atoms with Gasteiger partial charge in [-0.1, -0.05) is 73.6 Å². The zero-order valence-electron chi connectivity index (χ0n) is 17.9. The highest BCUT2D eigenvalue weighted by atomic mass is 32.2. The number of aromatic amines is 1. The molecule has 9 heteroatoms. The molecule has 5 rings (SSSR count). The van der Waals surface area contributed by atoms with Crippen LogP contribution < -0.4 is 5.43 Å². The number of aliphatic imine (C=N–C) groups is 1. The van der Waals surface area contributed by atoms with E-state index >= 15 is 0 Å². The normalized spacial score (nSPS) is 19.6. The highest BCUT2D eigenvalue weighted by molar-refractivity contribution is 8.14. The molecule has 2 heterocycles. The van der Waals surface area contributed by atoms with E-state index in [1.807, 2.05) is 23.2 Å². The molecule has 1 unspecified atom stereocenters. The minimum absolute atomic E-state index is 0.0184. The van der Waals surface area contributed by atoms with E-state index in [4.69, 9.17) is 0 Å². The van der Waals surface area contributed by atoms with E-state index in [-0.39, 0.29) is 17.2 Å². The van der Waals surface area contributed by atoms with Gasteiger partial charge in [0.05, 0.1) is 11.9 Å². The molecule has 1 amide bonds. The average molecular weight is 448 g/mol. The van der Waals surface area contributed by atoms with Gasteiger partial charge < -0.3 is 0 Å². The van der Waals surface area contributed by atoms with Gasteiger partial charge in [-0.05, 0) is 41.2 Å². The van der Waals surface area contributed by atoms with Crippen LogP contribution in [-0.4, -0.2) is 42.1 Å². The number of hydrogen-bond acceptors (Lipinski definition) is 6. The van der Waals surface area contributed by atoms with Crippen molar-refractivity contribution in [1.82, 2.24) is 31.1 Å². The van der Waals surface area contributed by atoms with Crippen LogP contribution in [0.3, 0.4) is 0 Å². The number of aromatic nitrogens is 4. The number of hydrogen-bond donors (Lipinski definition) is 2. The van der Waals surface area contributed by atoms with Crippen LogP contribution in [0.5, 0.6) is 0 Å². The fourth-order valence-corrected chi connectivity index (χ4v) is 4.90. The number of carbonyl (C=O) groups excluding carboxylic acids is 1. The summed E-state index contributed by atoms with van der Waals surface area (Å²) in [5, 5.41) is 17.5. The molecule has 1 aliphatic carbocycles. The molecular formula is C23H25N7OS. The van der Waals surface area contributed by atoms with Crippen molar-refractivity contribution in [2.45, 2.75) is 44.5 Å². The first kappa shape index (κ1) is 20.8. The van der Waals surface area contributed by atoms with Crippen LogP contribution in [0.25, 0.3) is 22.5 Å². The van der Waals surface area contributed by atoms with E-state index < -0.39 is 0 Å². The number of amides is 1. The standard InChI is InChI=1S/C23H25N7OS/c1-2-5-20-27-30(23(32-20)24-22(31)17-12-13-17)14-15-8-10-16(11-9-15)18-6-3-4-7-19(18)21-25-28-29-26-21/h3-4,6-11,17,20,27H,2,5,12-14H2,1H3,(H,25,26,28,29). The van der Waals surface area contributed by atoms with Gasteiger partial charge in [0.2, 0.25) is 5.82 Å². The summed E-state index contributed by atoms with van der Waals surface area (Å²) in [5.74, 6) is 0.727. The number of hydrazine groups is 1. The van der Waals surface area contributed by atoms with E-state index in [0.717, 1.165) is 53.1 Å². The van der Waals surface area contributed by atoms with Crippen LogP contribution in [0.1, 0.15) is 38.2 Å². The topological polar surface area (TPSA) is 99.2 Å². The molecule has 0 bridgehead atoms. The molecule has 1 saturated carbocycles. The SMILES string of the molecule is CCCC1NN(Cc2ccc(-c3ccccc3-c3nn[nH]n3)cc2)C(=NC(=O)C2CC2)S1. The van der Waals surface area contributed by atoms with Gasteiger partial charge in [-0.3, -0.25) is 9.80 Å². The Morgan fingerprint density at radius 1 is 1.16 bits per heavy atom. The Labute approximate surface area is 190 Å². The number of rotatable bonds is 7. The third-order valence-electron chi connectivity index (χ3n) is 5.58. The molecule has 1 aromatic heterocycles. The Hall–Kier alpha value is -3.04. The van der Waals surface area contributed by atoms with E-state index in [2.05, 4.69) is 68.3 Å². The van der Waals surface area contributed by atoms with E-state index in [9.17, 15) is 4.79 Å². The minimum atomic E-state index is 0.0184. The number of thioether (sulfide) groups is 1. The van der Waals surface area contributed by atoms with Gasteiger partial charge >= 0.3 is 0 Å². The third kappa shape index (κ3) is 4.58. The van der Waals surface area contributed by atoms with Gasteiger partial charge in [0, 0.05) is 11.5 Å². The van der Waals surface area contributed by atoms with E-state index in [1.54, 1.807) is 11.8 Å². The first-order valence-electron chi connectivity index (χ1n) is 11.0. The lowest BCUT2D eigenvalue weighted by atomic mass is 9.98. The summed E-state index contributed by atoms with van der Waals surface area (Å²) in [4.78, 5) is 16.7. The lowest BCUT2D eigenvalue weighted by Crippen LogP contribution is -2.37. The molecule has 8 nitrogen and oxygen atoms in total. The Morgan fingerprint density at radius 3 is 2.62 bits per heavy atom. The largest absolute Gasteiger partial charge is 0.281 e. The van der Waals surface area contributed by atoms with E-state index in [0.29, 0.717) is 12.4 Å². The lowest BCUT2D eigenvalue weighted by molar-refractivity contribution is -0.118. The molecule has 0 radical (unpaired) electrons. The van der Waals surface area contributed by atoms with Crippen molar-refractivity contribution in [2.24, 2.45) is 10.9 Å². The molecule has 1 aliphatic heterocycles. The fourth-order valence-electron chi connectivity index (χ4n) is 3.73. The summed E-state index contributed by atoms with van der Waals surface area (Å²) in [6.07, 6.45) is 4.05. The Kier molecular flexibility index (Phi) is 6.00. The number of H-pyrrole nitrogens is 1. The van der Waals surface area contributed by atoms with Crippen LogP contribution >= 0.6 is 11.8 Å². The summed E-state index contributed by atoms with van der Waals surface area (Å²) >= 11 is 1.66. The number of carbonyl (C=O) groups is 1. The first-order chi connectivity index (χ1) is 15.7. The van der Waals surface area contributed by atoms with Crippen LogP contribution in [0, 0.1) is 5.92 Å². The minimum Gasteiger partial charge on any atom is -0.281 e. The van der Waals surface area contributed by atoms with Gasteiger partial charge in [-0.2, -0.15) is 10.2 Å². The molecule has 1 atom stereocenters. The Bertz CT molecular complexity index is 1110. The van der Waals surface area contributed by atoms with Crippen molar-refractivity contribution in [3.63, 3.8) is 0 Å². The average Bonchev–Trinajstić information content (AvgIpc) is 3.40. The first-order valence-corrected chi connectivity index (χ1v) is 11.8. The zero-order chi connectivity index (χ0) is 21.9. The number of amidine groups is 1. The van der Waals surface area contributed by atoms with Gasteiger partial charge in [-0.15, -0.1) is 10.2 Å². The van der Waals surface area contributed by atoms with Crippen molar-refractivity contribution in [2.75, 3.05) is 0 Å². The molecule has 2 N–H and O–H groups in total. The van der Waals surface area contributed by atoms with Crippen molar-refractivity contribution in [1.29, 1.82) is 0 Å². The molecule has 0 spiro atoms. The highest BCUT2D eigenvalue weighted by Crippen LogP contribution is 2.33. The number of tetrazole rings is 1. The van der Waals surface area contributed by atoms with Crippen LogP contribution in [0.15, 0.2) is 53.5 Å². The molecule has 164 valence electrons. The van der Waals surface area contributed by atoms with Crippen LogP contribution in [0.2, 0.25) is 0 Å². The quantitative estimate of drug-likeness (QED) is 0.565. The van der Waals surface area contributed by atoms with Crippen molar-refractivity contribution < 1.29 is 4.79 Å². The summed E-state index contributed by atoms with van der Waals surface area (Å²) in [5.41, 5.74) is 7.72. The summed E-state index contributed by atoms with van der Waals surface area (Å²) in [6.45, 7) is 2.82. The maximum atomic E-state index is 12.3. The fraction of sp³-hybridized carbons (Fsp3) is 0.348. The van der Waals surface area contributed by atoms with Gasteiger partial charge in [0.1, 0.15) is 0 Å². The Morgan fingerprint density at radius 2 is 1.94 bits per heavy atom. The maximum absolute atomic E-state index is 12.3. The molecule has 3 aromatic rings. The smallest absolute Gasteiger partial charge is 0.251 e. The molecule has 2 aliphatic rings. The highest BCUT2D eigenvalue weighted by Gasteiger charge is 2.33. The second kappa shape index (κ2) is 9.22. The van der Waals surface area contributed by atoms with Crippen molar-refractivity contribution in [3.8, 4) is 22.5 Å². The third-order valence-corrected chi connectivity index (χ3v) is 6.73. The lowest BCUT2D eigenvalue weighted by Gasteiger charge is -2.19.